The van der Waals surface area contributed by atoms with E-state index < -0.39 is 11.7 Å². The third kappa shape index (κ3) is 6.54. The fourth-order valence-electron chi connectivity index (χ4n) is 2.73. The molecule has 0 aliphatic heterocycles. The van der Waals surface area contributed by atoms with E-state index in [-0.39, 0.29) is 5.92 Å². The van der Waals surface area contributed by atoms with Crippen molar-refractivity contribution in [3.63, 3.8) is 0 Å². The highest BCUT2D eigenvalue weighted by molar-refractivity contribution is 5.28. The molecule has 0 unspecified atom stereocenters. The maximum atomic E-state index is 12.8. The standard InChI is InChI=1S/C18H27F3/c1-3-5-7-10-15(11-8-6-4-2)16-12-9-13-17(14-16)18(19,20)21/h9,12-15H,3-8,10-11H2,1-2H3. The molecule has 3 heteroatoms. The summed E-state index contributed by atoms with van der Waals surface area (Å²) in [5.74, 6) is 0.269. The zero-order valence-electron chi connectivity index (χ0n) is 13.2. The highest BCUT2D eigenvalue weighted by Crippen LogP contribution is 2.34. The van der Waals surface area contributed by atoms with Gasteiger partial charge < -0.3 is 0 Å². The Morgan fingerprint density at radius 1 is 0.905 bits per heavy atom. The molecule has 1 aromatic carbocycles. The second-order valence-corrected chi connectivity index (χ2v) is 5.81. The van der Waals surface area contributed by atoms with E-state index in [9.17, 15) is 13.2 Å². The summed E-state index contributed by atoms with van der Waals surface area (Å²) in [7, 11) is 0. The first-order chi connectivity index (χ1) is 9.99. The van der Waals surface area contributed by atoms with E-state index in [1.165, 1.54) is 12.1 Å². The maximum Gasteiger partial charge on any atom is 0.416 e. The predicted molar refractivity (Wildman–Crippen MR) is 82.5 cm³/mol. The van der Waals surface area contributed by atoms with E-state index in [2.05, 4.69) is 13.8 Å². The molecular formula is C18H27F3. The lowest BCUT2D eigenvalue weighted by atomic mass is 9.87. The van der Waals surface area contributed by atoms with Crippen LogP contribution in [0.25, 0.3) is 0 Å². The summed E-state index contributed by atoms with van der Waals surface area (Å²) < 4.78 is 38.5. The minimum Gasteiger partial charge on any atom is -0.166 e. The third-order valence-electron chi connectivity index (χ3n) is 4.00. The molecule has 120 valence electrons. The number of hydrogen-bond donors (Lipinski definition) is 0. The number of halogens is 3. The molecule has 1 aromatic rings. The van der Waals surface area contributed by atoms with E-state index in [4.69, 9.17) is 0 Å². The Kier molecular flexibility index (Phi) is 7.84. The van der Waals surface area contributed by atoms with Crippen molar-refractivity contribution in [2.24, 2.45) is 0 Å². The van der Waals surface area contributed by atoms with Crippen molar-refractivity contribution in [2.45, 2.75) is 77.3 Å². The molecule has 21 heavy (non-hydrogen) atoms. The van der Waals surface area contributed by atoms with Gasteiger partial charge in [0.05, 0.1) is 5.56 Å². The van der Waals surface area contributed by atoms with Crippen LogP contribution in [0, 0.1) is 0 Å². The molecule has 0 atom stereocenters. The summed E-state index contributed by atoms with van der Waals surface area (Å²) in [5, 5.41) is 0. The highest BCUT2D eigenvalue weighted by atomic mass is 19.4. The number of hydrogen-bond acceptors (Lipinski definition) is 0. The molecule has 0 radical (unpaired) electrons. The van der Waals surface area contributed by atoms with Gasteiger partial charge in [0, 0.05) is 0 Å². The first kappa shape index (κ1) is 18.1. The van der Waals surface area contributed by atoms with Gasteiger partial charge in [-0.05, 0) is 30.4 Å². The van der Waals surface area contributed by atoms with Crippen molar-refractivity contribution >= 4 is 0 Å². The van der Waals surface area contributed by atoms with Crippen molar-refractivity contribution in [3.8, 4) is 0 Å². The summed E-state index contributed by atoms with van der Waals surface area (Å²) in [5.41, 5.74) is 0.341. The van der Waals surface area contributed by atoms with Gasteiger partial charge in [0.25, 0.3) is 0 Å². The molecular weight excluding hydrogens is 273 g/mol. The second kappa shape index (κ2) is 9.11. The first-order valence-electron chi connectivity index (χ1n) is 8.16. The van der Waals surface area contributed by atoms with Gasteiger partial charge in [-0.3, -0.25) is 0 Å². The Hall–Kier alpha value is -0.990. The molecule has 0 amide bonds. The average molecular weight is 300 g/mol. The van der Waals surface area contributed by atoms with E-state index in [1.807, 2.05) is 6.07 Å². The van der Waals surface area contributed by atoms with Crippen LogP contribution in [0.2, 0.25) is 0 Å². The van der Waals surface area contributed by atoms with Crippen LogP contribution in [0.5, 0.6) is 0 Å². The topological polar surface area (TPSA) is 0 Å². The monoisotopic (exact) mass is 300 g/mol. The van der Waals surface area contributed by atoms with Crippen molar-refractivity contribution in [2.75, 3.05) is 0 Å². The van der Waals surface area contributed by atoms with Gasteiger partial charge in [-0.15, -0.1) is 0 Å². The first-order valence-corrected chi connectivity index (χ1v) is 8.16. The lowest BCUT2D eigenvalue weighted by Gasteiger charge is -2.19. The van der Waals surface area contributed by atoms with Crippen LogP contribution in [0.15, 0.2) is 24.3 Å². The zero-order valence-corrected chi connectivity index (χ0v) is 13.2. The molecule has 0 saturated carbocycles. The minimum absolute atomic E-state index is 0.269. The molecule has 0 fully saturated rings. The second-order valence-electron chi connectivity index (χ2n) is 5.81. The van der Waals surface area contributed by atoms with E-state index in [0.717, 1.165) is 56.9 Å². The van der Waals surface area contributed by atoms with Gasteiger partial charge in [0.1, 0.15) is 0 Å². The molecule has 1 rings (SSSR count). The van der Waals surface area contributed by atoms with Crippen LogP contribution < -0.4 is 0 Å². The molecule has 0 N–H and O–H groups in total. The normalized spacial score (nSPS) is 12.1. The van der Waals surface area contributed by atoms with Gasteiger partial charge in [-0.2, -0.15) is 13.2 Å². The SMILES string of the molecule is CCCCCC(CCCCC)c1cccc(C(F)(F)F)c1. The van der Waals surface area contributed by atoms with E-state index in [0.29, 0.717) is 0 Å². The van der Waals surface area contributed by atoms with Crippen LogP contribution >= 0.6 is 0 Å². The Labute approximate surface area is 126 Å². The Morgan fingerprint density at radius 3 is 1.95 bits per heavy atom. The van der Waals surface area contributed by atoms with Crippen LogP contribution in [0.3, 0.4) is 0 Å². The molecule has 0 bridgehead atoms. The Balaban J connectivity index is 2.80. The Morgan fingerprint density at radius 2 is 1.48 bits per heavy atom. The summed E-state index contributed by atoms with van der Waals surface area (Å²) in [6, 6.07) is 5.92. The predicted octanol–water partition coefficient (Wildman–Crippen LogP) is 6.95. The number of benzene rings is 1. The van der Waals surface area contributed by atoms with Crippen molar-refractivity contribution in [1.82, 2.24) is 0 Å². The summed E-state index contributed by atoms with van der Waals surface area (Å²) in [6.45, 7) is 4.30. The summed E-state index contributed by atoms with van der Waals surface area (Å²) >= 11 is 0. The molecule has 0 heterocycles. The number of alkyl halides is 3. The van der Waals surface area contributed by atoms with Crippen molar-refractivity contribution in [1.29, 1.82) is 0 Å². The van der Waals surface area contributed by atoms with E-state index in [1.54, 1.807) is 6.07 Å². The fourth-order valence-corrected chi connectivity index (χ4v) is 2.73. The Bertz CT molecular complexity index is 386. The van der Waals surface area contributed by atoms with Gasteiger partial charge in [-0.1, -0.05) is 70.6 Å². The highest BCUT2D eigenvalue weighted by Gasteiger charge is 2.30. The number of unbranched alkanes of at least 4 members (excludes halogenated alkanes) is 4. The zero-order chi connectivity index (χ0) is 15.7. The third-order valence-corrected chi connectivity index (χ3v) is 4.00. The lowest BCUT2D eigenvalue weighted by Crippen LogP contribution is -2.07. The smallest absolute Gasteiger partial charge is 0.166 e. The van der Waals surface area contributed by atoms with Crippen LogP contribution in [-0.4, -0.2) is 0 Å². The van der Waals surface area contributed by atoms with E-state index >= 15 is 0 Å². The van der Waals surface area contributed by atoms with Crippen molar-refractivity contribution < 1.29 is 13.2 Å². The van der Waals surface area contributed by atoms with Crippen LogP contribution in [0.1, 0.15) is 82.3 Å². The van der Waals surface area contributed by atoms with Crippen LogP contribution in [0.4, 0.5) is 13.2 Å². The maximum absolute atomic E-state index is 12.8. The summed E-state index contributed by atoms with van der Waals surface area (Å²) in [6.07, 6.45) is 4.55. The average Bonchev–Trinajstić information content (AvgIpc) is 2.45. The molecule has 0 aliphatic carbocycles. The molecule has 0 nitrogen and oxygen atoms in total. The van der Waals surface area contributed by atoms with Gasteiger partial charge in [0.15, 0.2) is 0 Å². The fraction of sp³-hybridized carbons (Fsp3) is 0.667. The van der Waals surface area contributed by atoms with Gasteiger partial charge in [-0.25, -0.2) is 0 Å². The molecule has 0 saturated heterocycles. The van der Waals surface area contributed by atoms with Crippen LogP contribution in [-0.2, 0) is 6.18 Å². The minimum atomic E-state index is -4.24. The van der Waals surface area contributed by atoms with Gasteiger partial charge >= 0.3 is 6.18 Å². The molecule has 0 aliphatic rings. The van der Waals surface area contributed by atoms with Gasteiger partial charge in [0.2, 0.25) is 0 Å². The summed E-state index contributed by atoms with van der Waals surface area (Å²) in [4.78, 5) is 0. The largest absolute Gasteiger partial charge is 0.416 e. The molecule has 0 aromatic heterocycles. The quantitative estimate of drug-likeness (QED) is 0.433. The van der Waals surface area contributed by atoms with Crippen molar-refractivity contribution in [3.05, 3.63) is 35.4 Å². The molecule has 0 spiro atoms. The number of rotatable bonds is 9. The lowest BCUT2D eigenvalue weighted by molar-refractivity contribution is -0.137.